The molecule has 1 aromatic carbocycles. The Hall–Kier alpha value is -2.41. The molecular formula is C14H17NO6. The molecule has 0 saturated carbocycles. The number of esters is 2. The van der Waals surface area contributed by atoms with Crippen LogP contribution in [0.25, 0.3) is 0 Å². The third kappa shape index (κ3) is 4.28. The molecule has 0 spiro atoms. The lowest BCUT2D eigenvalue weighted by molar-refractivity contribution is -0.124. The maximum Gasteiger partial charge on any atom is 0.337 e. The van der Waals surface area contributed by atoms with Gasteiger partial charge in [-0.3, -0.25) is 4.79 Å². The lowest BCUT2D eigenvalue weighted by atomic mass is 10.1. The van der Waals surface area contributed by atoms with Gasteiger partial charge in [0, 0.05) is 12.8 Å². The van der Waals surface area contributed by atoms with Crippen LogP contribution in [0.2, 0.25) is 0 Å². The monoisotopic (exact) mass is 295 g/mol. The van der Waals surface area contributed by atoms with Crippen molar-refractivity contribution in [3.63, 3.8) is 0 Å². The summed E-state index contributed by atoms with van der Waals surface area (Å²) in [6, 6.07) is 4.13. The normalized spacial score (nSPS) is 11.4. The van der Waals surface area contributed by atoms with Gasteiger partial charge in [0.1, 0.15) is 6.10 Å². The van der Waals surface area contributed by atoms with E-state index in [-0.39, 0.29) is 16.8 Å². The van der Waals surface area contributed by atoms with Crippen LogP contribution in [0.3, 0.4) is 0 Å². The van der Waals surface area contributed by atoms with Gasteiger partial charge in [0.25, 0.3) is 5.91 Å². The molecule has 7 nitrogen and oxygen atoms in total. The van der Waals surface area contributed by atoms with E-state index in [0.29, 0.717) is 0 Å². The maximum atomic E-state index is 11.8. The van der Waals surface area contributed by atoms with E-state index in [1.165, 1.54) is 39.5 Å². The Labute approximate surface area is 122 Å². The lowest BCUT2D eigenvalue weighted by Crippen LogP contribution is -2.26. The molecule has 0 saturated heterocycles. The van der Waals surface area contributed by atoms with Crippen molar-refractivity contribution in [1.29, 1.82) is 0 Å². The highest BCUT2D eigenvalue weighted by molar-refractivity contribution is 6.00. The van der Waals surface area contributed by atoms with Crippen LogP contribution in [0, 0.1) is 0 Å². The van der Waals surface area contributed by atoms with E-state index in [1.54, 1.807) is 6.92 Å². The van der Waals surface area contributed by atoms with E-state index in [2.05, 4.69) is 14.8 Å². The molecule has 0 aliphatic heterocycles. The van der Waals surface area contributed by atoms with E-state index >= 15 is 0 Å². The summed E-state index contributed by atoms with van der Waals surface area (Å²) < 4.78 is 14.1. The van der Waals surface area contributed by atoms with E-state index in [9.17, 15) is 14.4 Å². The molecule has 114 valence electrons. The second kappa shape index (κ2) is 7.39. The fourth-order valence-electron chi connectivity index (χ4n) is 1.52. The Bertz CT molecular complexity index is 520. The molecule has 0 aliphatic rings. The van der Waals surface area contributed by atoms with Gasteiger partial charge < -0.3 is 19.5 Å². The van der Waals surface area contributed by atoms with Crippen molar-refractivity contribution in [2.45, 2.75) is 13.0 Å². The Morgan fingerprint density at radius 2 is 1.43 bits per heavy atom. The first kappa shape index (κ1) is 16.6. The predicted molar refractivity (Wildman–Crippen MR) is 74.2 cm³/mol. The minimum Gasteiger partial charge on any atom is -0.465 e. The summed E-state index contributed by atoms with van der Waals surface area (Å²) in [6.07, 6.45) is -0.673. The van der Waals surface area contributed by atoms with Crippen molar-refractivity contribution in [1.82, 2.24) is 0 Å². The predicted octanol–water partition coefficient (Wildman–Crippen LogP) is 1.23. The van der Waals surface area contributed by atoms with Crippen molar-refractivity contribution < 1.29 is 28.6 Å². The SMILES string of the molecule is COC(=O)c1cc(NC(=O)C(C)OC)cc(C(=O)OC)c1. The molecular weight excluding hydrogens is 278 g/mol. The zero-order valence-corrected chi connectivity index (χ0v) is 12.3. The number of amides is 1. The molecule has 1 N–H and O–H groups in total. The molecule has 0 aromatic heterocycles. The van der Waals surface area contributed by atoms with Crippen molar-refractivity contribution in [2.75, 3.05) is 26.6 Å². The van der Waals surface area contributed by atoms with Crippen LogP contribution in [-0.4, -0.2) is 45.3 Å². The van der Waals surface area contributed by atoms with Gasteiger partial charge in [-0.1, -0.05) is 0 Å². The average molecular weight is 295 g/mol. The summed E-state index contributed by atoms with van der Waals surface area (Å²) in [7, 11) is 3.84. The Morgan fingerprint density at radius 3 is 1.81 bits per heavy atom. The standard InChI is InChI=1S/C14H17NO6/c1-8(19-2)12(16)15-11-6-9(13(17)20-3)5-10(7-11)14(18)21-4/h5-8H,1-4H3,(H,15,16). The van der Waals surface area contributed by atoms with Crippen LogP contribution < -0.4 is 5.32 Å². The topological polar surface area (TPSA) is 90.9 Å². The molecule has 1 aromatic rings. The van der Waals surface area contributed by atoms with Gasteiger partial charge in [-0.25, -0.2) is 9.59 Å². The molecule has 21 heavy (non-hydrogen) atoms. The van der Waals surface area contributed by atoms with Crippen molar-refractivity contribution >= 4 is 23.5 Å². The number of ether oxygens (including phenoxy) is 3. The highest BCUT2D eigenvalue weighted by Gasteiger charge is 2.17. The number of carbonyl (C=O) groups excluding carboxylic acids is 3. The van der Waals surface area contributed by atoms with E-state index < -0.39 is 23.9 Å². The number of hydrogen-bond donors (Lipinski definition) is 1. The van der Waals surface area contributed by atoms with Crippen LogP contribution in [0.1, 0.15) is 27.6 Å². The second-order valence-corrected chi connectivity index (χ2v) is 4.15. The fourth-order valence-corrected chi connectivity index (χ4v) is 1.52. The first-order chi connectivity index (χ1) is 9.92. The van der Waals surface area contributed by atoms with Crippen LogP contribution in [0.15, 0.2) is 18.2 Å². The van der Waals surface area contributed by atoms with Gasteiger partial charge in [0.05, 0.1) is 25.3 Å². The van der Waals surface area contributed by atoms with Gasteiger partial charge >= 0.3 is 11.9 Å². The number of hydrogen-bond acceptors (Lipinski definition) is 6. The maximum absolute atomic E-state index is 11.8. The summed E-state index contributed by atoms with van der Waals surface area (Å²) in [6.45, 7) is 1.57. The molecule has 0 fully saturated rings. The summed E-state index contributed by atoms with van der Waals surface area (Å²) in [4.78, 5) is 35.0. The van der Waals surface area contributed by atoms with Gasteiger partial charge in [-0.2, -0.15) is 0 Å². The third-order valence-corrected chi connectivity index (χ3v) is 2.77. The number of benzene rings is 1. The number of rotatable bonds is 5. The van der Waals surface area contributed by atoms with Gasteiger partial charge in [0.15, 0.2) is 0 Å². The number of nitrogens with one attached hydrogen (secondary N) is 1. The molecule has 0 radical (unpaired) electrons. The van der Waals surface area contributed by atoms with Crippen LogP contribution in [0.4, 0.5) is 5.69 Å². The molecule has 7 heteroatoms. The molecule has 1 unspecified atom stereocenters. The largest absolute Gasteiger partial charge is 0.465 e. The summed E-state index contributed by atoms with van der Waals surface area (Å²) in [5, 5.41) is 2.55. The third-order valence-electron chi connectivity index (χ3n) is 2.77. The Balaban J connectivity index is 3.15. The van der Waals surface area contributed by atoms with Crippen molar-refractivity contribution in [3.05, 3.63) is 29.3 Å². The molecule has 0 aliphatic carbocycles. The van der Waals surface area contributed by atoms with Crippen LogP contribution in [-0.2, 0) is 19.0 Å². The first-order valence-electron chi connectivity index (χ1n) is 6.08. The van der Waals surface area contributed by atoms with Crippen LogP contribution >= 0.6 is 0 Å². The zero-order valence-electron chi connectivity index (χ0n) is 12.3. The minimum atomic E-state index is -0.673. The van der Waals surface area contributed by atoms with Crippen LogP contribution in [0.5, 0.6) is 0 Å². The summed E-state index contributed by atoms with van der Waals surface area (Å²) in [5.41, 5.74) is 0.522. The van der Waals surface area contributed by atoms with Gasteiger partial charge in [-0.05, 0) is 25.1 Å². The lowest BCUT2D eigenvalue weighted by Gasteiger charge is -2.12. The molecule has 0 bridgehead atoms. The molecule has 1 atom stereocenters. The number of methoxy groups -OCH3 is 3. The van der Waals surface area contributed by atoms with Gasteiger partial charge in [0.2, 0.25) is 0 Å². The summed E-state index contributed by atoms with van der Waals surface area (Å²) in [5.74, 6) is -1.66. The second-order valence-electron chi connectivity index (χ2n) is 4.15. The van der Waals surface area contributed by atoms with E-state index in [1.807, 2.05) is 0 Å². The van der Waals surface area contributed by atoms with E-state index in [4.69, 9.17) is 4.74 Å². The van der Waals surface area contributed by atoms with Crippen molar-refractivity contribution in [3.8, 4) is 0 Å². The zero-order chi connectivity index (χ0) is 16.0. The Kier molecular flexibility index (Phi) is 5.86. The number of carbonyl (C=O) groups is 3. The molecule has 1 amide bonds. The minimum absolute atomic E-state index is 0.126. The molecule has 1 rings (SSSR count). The number of anilines is 1. The van der Waals surface area contributed by atoms with Crippen molar-refractivity contribution in [2.24, 2.45) is 0 Å². The fraction of sp³-hybridized carbons (Fsp3) is 0.357. The molecule has 0 heterocycles. The Morgan fingerprint density at radius 1 is 0.952 bits per heavy atom. The quantitative estimate of drug-likeness (QED) is 0.822. The highest BCUT2D eigenvalue weighted by atomic mass is 16.5. The average Bonchev–Trinajstić information content (AvgIpc) is 2.51. The highest BCUT2D eigenvalue weighted by Crippen LogP contribution is 2.17. The first-order valence-corrected chi connectivity index (χ1v) is 6.08. The van der Waals surface area contributed by atoms with E-state index in [0.717, 1.165) is 0 Å². The smallest absolute Gasteiger partial charge is 0.337 e. The summed E-state index contributed by atoms with van der Waals surface area (Å²) >= 11 is 0. The van der Waals surface area contributed by atoms with Gasteiger partial charge in [-0.15, -0.1) is 0 Å².